The van der Waals surface area contributed by atoms with Gasteiger partial charge in [0, 0.05) is 24.2 Å². The number of carboxylic acid groups (broad SMARTS) is 4. The van der Waals surface area contributed by atoms with Crippen molar-refractivity contribution in [2.75, 3.05) is 26.2 Å². The van der Waals surface area contributed by atoms with Crippen molar-refractivity contribution in [3.63, 3.8) is 0 Å². The number of hydrogen-bond acceptors (Lipinski definition) is 12. The summed E-state index contributed by atoms with van der Waals surface area (Å²) in [5.41, 5.74) is 0. The summed E-state index contributed by atoms with van der Waals surface area (Å²) >= 11 is 0. The zero-order chi connectivity index (χ0) is 23.9. The zero-order valence-electron chi connectivity index (χ0n) is 18.7. The number of hydrogen-bond donors (Lipinski definition) is 4. The Morgan fingerprint density at radius 3 is 0.676 bits per heavy atom. The second-order valence-electron chi connectivity index (χ2n) is 7.87. The number of carbonyl (C=O) groups is 4. The molecule has 34 heavy (non-hydrogen) atoms. The number of carbonyl (C=O) groups excluding carboxylic acids is 4. The fourth-order valence-electron chi connectivity index (χ4n) is 3.54. The van der Waals surface area contributed by atoms with E-state index >= 15 is 0 Å². The van der Waals surface area contributed by atoms with Crippen LogP contribution in [-0.2, 0) is 58.1 Å². The fourth-order valence-corrected chi connectivity index (χ4v) is 3.54. The fraction of sp³-hybridized carbons (Fsp3) is 0.800. The van der Waals surface area contributed by atoms with E-state index in [1.807, 2.05) is 0 Å². The Balaban J connectivity index is 0. The van der Waals surface area contributed by atoms with Gasteiger partial charge in [0.2, 0.25) is 0 Å². The molecule has 0 aromatic carbocycles. The molecule has 4 N–H and O–H groups in total. The maximum absolute atomic E-state index is 10.0. The van der Waals surface area contributed by atoms with Crippen molar-refractivity contribution in [2.24, 2.45) is 0 Å². The van der Waals surface area contributed by atoms with Crippen LogP contribution in [0.5, 0.6) is 0 Å². The van der Waals surface area contributed by atoms with E-state index in [2.05, 4.69) is 21.3 Å². The van der Waals surface area contributed by atoms with Crippen molar-refractivity contribution in [2.45, 2.75) is 75.5 Å². The summed E-state index contributed by atoms with van der Waals surface area (Å²) in [4.78, 5) is 40.1. The third-order valence-electron chi connectivity index (χ3n) is 5.38. The Hall–Kier alpha value is -1.03. The Kier molecular flexibility index (Phi) is 20.9. The van der Waals surface area contributed by atoms with Crippen LogP contribution in [0.3, 0.4) is 0 Å². The Morgan fingerprint density at radius 2 is 0.618 bits per heavy atom. The molecule has 0 aromatic rings. The molecule has 12 nitrogen and oxygen atoms in total. The molecule has 0 radical (unpaired) electrons. The van der Waals surface area contributed by atoms with Crippen LogP contribution < -0.4 is 41.7 Å². The molecule has 14 heteroatoms. The Bertz CT molecular complexity index is 501. The third-order valence-corrected chi connectivity index (χ3v) is 5.38. The summed E-state index contributed by atoms with van der Waals surface area (Å²) in [6.07, 6.45) is 6.73. The molecule has 4 aliphatic rings. The Morgan fingerprint density at radius 1 is 0.441 bits per heavy atom. The summed E-state index contributed by atoms with van der Waals surface area (Å²) < 4.78 is 0. The minimum absolute atomic E-state index is 0. The molecule has 0 spiro atoms. The summed E-state index contributed by atoms with van der Waals surface area (Å²) in [7, 11) is 0. The van der Waals surface area contributed by atoms with Gasteiger partial charge in [-0.15, -0.1) is 0 Å². The van der Waals surface area contributed by atoms with Crippen molar-refractivity contribution in [3.8, 4) is 0 Å². The quantitative estimate of drug-likeness (QED) is 0.208. The molecule has 0 saturated carbocycles. The van der Waals surface area contributed by atoms with Gasteiger partial charge in [0.15, 0.2) is 0 Å². The van der Waals surface area contributed by atoms with Crippen LogP contribution in [0.25, 0.3) is 0 Å². The molecule has 4 rings (SSSR count). The number of nitrogens with one attached hydrogen (secondary N) is 4. The summed E-state index contributed by atoms with van der Waals surface area (Å²) in [5, 5.41) is 51.3. The maximum atomic E-state index is 10.0. The predicted molar refractivity (Wildman–Crippen MR) is 104 cm³/mol. The van der Waals surface area contributed by atoms with Crippen molar-refractivity contribution in [3.05, 3.63) is 0 Å². The average molecular weight is 662 g/mol. The van der Waals surface area contributed by atoms with Crippen LogP contribution in [0.1, 0.15) is 51.4 Å². The monoisotopic (exact) mass is 662 g/mol. The largest absolute Gasteiger partial charge is 3.00 e. The summed E-state index contributed by atoms with van der Waals surface area (Å²) in [6.45, 7) is 3.27. The minimum atomic E-state index is -0.970. The number of rotatable bonds is 4. The van der Waals surface area contributed by atoms with E-state index in [4.69, 9.17) is 0 Å². The average Bonchev–Trinajstić information content (AvgIpc) is 3.56. The maximum Gasteiger partial charge on any atom is 3.00 e. The molecule has 0 bridgehead atoms. The van der Waals surface area contributed by atoms with Gasteiger partial charge in [-0.3, -0.25) is 0 Å². The van der Waals surface area contributed by atoms with Gasteiger partial charge in [-0.25, -0.2) is 0 Å². The summed E-state index contributed by atoms with van der Waals surface area (Å²) in [6, 6.07) is -1.52. The molecule has 4 heterocycles. The van der Waals surface area contributed by atoms with Crippen molar-refractivity contribution < 1.29 is 78.6 Å². The molecule has 196 valence electrons. The third kappa shape index (κ3) is 15.1. The first-order valence-electron chi connectivity index (χ1n) is 11.0. The number of aliphatic carboxylic acids is 4. The molecule has 0 amide bonds. The van der Waals surface area contributed by atoms with Crippen molar-refractivity contribution in [1.82, 2.24) is 21.3 Å². The molecule has 4 saturated heterocycles. The first-order valence-corrected chi connectivity index (χ1v) is 11.0. The van der Waals surface area contributed by atoms with Gasteiger partial charge < -0.3 is 60.9 Å². The van der Waals surface area contributed by atoms with Crippen molar-refractivity contribution >= 4 is 23.9 Å². The van der Waals surface area contributed by atoms with Gasteiger partial charge in [0.25, 0.3) is 0 Å². The van der Waals surface area contributed by atoms with E-state index in [-0.39, 0.29) is 63.1 Å². The van der Waals surface area contributed by atoms with Gasteiger partial charge in [0.1, 0.15) is 0 Å². The van der Waals surface area contributed by atoms with E-state index in [1.54, 1.807) is 0 Å². The molecular weight excluding hydrogens is 630 g/mol. The molecule has 4 atom stereocenters. The van der Waals surface area contributed by atoms with Crippen LogP contribution in [-0.4, -0.2) is 74.2 Å². The van der Waals surface area contributed by atoms with Crippen molar-refractivity contribution in [1.29, 1.82) is 0 Å². The van der Waals surface area contributed by atoms with E-state index < -0.39 is 23.9 Å². The van der Waals surface area contributed by atoms with Crippen LogP contribution in [0.4, 0.5) is 0 Å². The van der Waals surface area contributed by atoms with Crippen LogP contribution >= 0.6 is 0 Å². The minimum Gasteiger partial charge on any atom is -0.548 e. The van der Waals surface area contributed by atoms with Gasteiger partial charge in [-0.2, -0.15) is 0 Å². The van der Waals surface area contributed by atoms with E-state index in [0.717, 1.165) is 77.5 Å². The van der Waals surface area contributed by atoms with Gasteiger partial charge in [0.05, 0.1) is 23.9 Å². The first kappa shape index (κ1) is 35.1. The van der Waals surface area contributed by atoms with E-state index in [9.17, 15) is 39.6 Å². The smallest absolute Gasteiger partial charge is 0.548 e. The second kappa shape index (κ2) is 20.2. The van der Waals surface area contributed by atoms with Crippen LogP contribution in [0.15, 0.2) is 0 Å². The number of carboxylic acids is 4. The van der Waals surface area contributed by atoms with Crippen LogP contribution in [0, 0.1) is 0 Å². The first-order chi connectivity index (χ1) is 15.2. The molecule has 0 unspecified atom stereocenters. The predicted octanol–water partition coefficient (Wildman–Crippen LogP) is -6.05. The van der Waals surface area contributed by atoms with E-state index in [0.29, 0.717) is 0 Å². The molecule has 4 aliphatic heterocycles. The molecular formula is C20H32N4O8Rh2+2. The SMILES string of the molecule is O=C([O-])[C@@H]1CCCN1.O=C([O-])[C@@H]1CCCN1.O=C([O-])[C@@H]1CCCN1.O=C([O-])[C@@H]1CCCN1.[Rh+3].[Rh+3]. The zero-order valence-corrected chi connectivity index (χ0v) is 22.0. The van der Waals surface area contributed by atoms with Gasteiger partial charge in [-0.1, -0.05) is 0 Å². The Labute approximate surface area is 224 Å². The second-order valence-corrected chi connectivity index (χ2v) is 7.87. The molecule has 0 aromatic heterocycles. The normalized spacial score (nSPS) is 26.6. The van der Waals surface area contributed by atoms with Gasteiger partial charge >= 0.3 is 39.0 Å². The molecule has 4 fully saturated rings. The van der Waals surface area contributed by atoms with Gasteiger partial charge in [-0.05, 0) is 77.5 Å². The summed E-state index contributed by atoms with van der Waals surface area (Å²) in [5.74, 6) is -3.88. The standard InChI is InChI=1S/4C5H9NO2.2Rh/c4*7-5(8)4-2-1-3-6-4;;/h4*4,6H,1-3H2,(H,7,8);;/q;;;;2*+3/p-4/t4*4-;;/m0000../s1. The van der Waals surface area contributed by atoms with E-state index in [1.165, 1.54) is 0 Å². The topological polar surface area (TPSA) is 209 Å². The molecule has 0 aliphatic carbocycles. The van der Waals surface area contributed by atoms with Crippen LogP contribution in [0.2, 0.25) is 0 Å².